The van der Waals surface area contributed by atoms with E-state index in [1.165, 1.54) is 17.7 Å². The summed E-state index contributed by atoms with van der Waals surface area (Å²) in [5.41, 5.74) is 1.29. The molecule has 0 fully saturated rings. The van der Waals surface area contributed by atoms with Gasteiger partial charge in [-0.25, -0.2) is 0 Å². The molecule has 0 bridgehead atoms. The predicted molar refractivity (Wildman–Crippen MR) is 84.8 cm³/mol. The second kappa shape index (κ2) is 7.86. The maximum atomic E-state index is 12.2. The van der Waals surface area contributed by atoms with Crippen molar-refractivity contribution in [3.05, 3.63) is 65.7 Å². The summed E-state index contributed by atoms with van der Waals surface area (Å²) in [6.45, 7) is 1.86. The number of hydrogen-bond donors (Lipinski definition) is 1. The first-order valence-corrected chi connectivity index (χ1v) is 7.54. The van der Waals surface area contributed by atoms with Crippen molar-refractivity contribution in [2.24, 2.45) is 0 Å². The number of halogens is 3. The molecule has 0 radical (unpaired) electrons. The molecular weight excluding hydrogens is 319 g/mol. The summed E-state index contributed by atoms with van der Waals surface area (Å²) in [6, 6.07) is 14.8. The lowest BCUT2D eigenvalue weighted by molar-refractivity contribution is -0.274. The molecule has 2 aromatic carbocycles. The Bertz CT molecular complexity index is 671. The van der Waals surface area contributed by atoms with Crippen LogP contribution in [-0.4, -0.2) is 18.3 Å². The minimum Gasteiger partial charge on any atom is -0.406 e. The summed E-state index contributed by atoms with van der Waals surface area (Å²) in [5.74, 6) is -0.838. The van der Waals surface area contributed by atoms with Crippen LogP contribution in [0.1, 0.15) is 29.3 Å². The Morgan fingerprint density at radius 1 is 1.12 bits per heavy atom. The largest absolute Gasteiger partial charge is 0.573 e. The van der Waals surface area contributed by atoms with Crippen molar-refractivity contribution in [2.75, 3.05) is 0 Å². The van der Waals surface area contributed by atoms with Gasteiger partial charge in [-0.05, 0) is 43.5 Å². The summed E-state index contributed by atoms with van der Waals surface area (Å²) in [4.78, 5) is 12.1. The molecule has 0 heterocycles. The van der Waals surface area contributed by atoms with Gasteiger partial charge in [0.25, 0.3) is 5.91 Å². The van der Waals surface area contributed by atoms with Crippen LogP contribution in [0.15, 0.2) is 54.6 Å². The van der Waals surface area contributed by atoms with Crippen LogP contribution in [0.25, 0.3) is 0 Å². The average molecular weight is 337 g/mol. The van der Waals surface area contributed by atoms with Crippen molar-refractivity contribution in [3.8, 4) is 5.75 Å². The van der Waals surface area contributed by atoms with E-state index in [0.29, 0.717) is 0 Å². The van der Waals surface area contributed by atoms with E-state index >= 15 is 0 Å². The number of carbonyl (C=O) groups is 1. The van der Waals surface area contributed by atoms with Gasteiger partial charge in [-0.15, -0.1) is 13.2 Å². The van der Waals surface area contributed by atoms with Crippen molar-refractivity contribution in [3.63, 3.8) is 0 Å². The highest BCUT2D eigenvalue weighted by atomic mass is 19.4. The molecule has 128 valence electrons. The number of alkyl halides is 3. The highest BCUT2D eigenvalue weighted by Crippen LogP contribution is 2.23. The van der Waals surface area contributed by atoms with E-state index in [2.05, 4.69) is 10.1 Å². The number of ether oxygens (including phenoxy) is 1. The van der Waals surface area contributed by atoms with Crippen LogP contribution < -0.4 is 10.1 Å². The molecule has 0 aliphatic carbocycles. The summed E-state index contributed by atoms with van der Waals surface area (Å²) in [5, 5.41) is 2.78. The van der Waals surface area contributed by atoms with Crippen molar-refractivity contribution in [1.29, 1.82) is 0 Å². The first-order valence-electron chi connectivity index (χ1n) is 7.54. The Morgan fingerprint density at radius 3 is 2.50 bits per heavy atom. The van der Waals surface area contributed by atoms with E-state index in [4.69, 9.17) is 0 Å². The second-order valence-electron chi connectivity index (χ2n) is 5.47. The van der Waals surface area contributed by atoms with Crippen LogP contribution in [-0.2, 0) is 6.42 Å². The van der Waals surface area contributed by atoms with E-state index in [1.54, 1.807) is 0 Å². The number of rotatable bonds is 6. The molecular formula is C18H18F3NO2. The van der Waals surface area contributed by atoms with Crippen molar-refractivity contribution < 1.29 is 22.7 Å². The van der Waals surface area contributed by atoms with Crippen LogP contribution in [0.4, 0.5) is 13.2 Å². The number of nitrogens with one attached hydrogen (secondary N) is 1. The zero-order valence-electron chi connectivity index (χ0n) is 13.1. The Morgan fingerprint density at radius 2 is 1.83 bits per heavy atom. The van der Waals surface area contributed by atoms with Crippen LogP contribution in [0.3, 0.4) is 0 Å². The molecule has 1 amide bonds. The Hall–Kier alpha value is -2.50. The topological polar surface area (TPSA) is 38.3 Å². The number of aryl methyl sites for hydroxylation is 1. The molecule has 1 atom stereocenters. The Balaban J connectivity index is 1.90. The third-order valence-electron chi connectivity index (χ3n) is 3.42. The molecule has 0 saturated heterocycles. The van der Waals surface area contributed by atoms with Crippen molar-refractivity contribution in [2.45, 2.75) is 32.2 Å². The van der Waals surface area contributed by atoms with Crippen LogP contribution in [0, 0.1) is 0 Å². The summed E-state index contributed by atoms with van der Waals surface area (Å²) >= 11 is 0. The summed E-state index contributed by atoms with van der Waals surface area (Å²) in [7, 11) is 0. The molecule has 0 saturated carbocycles. The van der Waals surface area contributed by atoms with Gasteiger partial charge in [0.05, 0.1) is 0 Å². The van der Waals surface area contributed by atoms with Crippen molar-refractivity contribution >= 4 is 5.91 Å². The van der Waals surface area contributed by atoms with Crippen molar-refractivity contribution in [1.82, 2.24) is 5.32 Å². The average Bonchev–Trinajstić information content (AvgIpc) is 2.52. The highest BCUT2D eigenvalue weighted by molar-refractivity contribution is 5.94. The van der Waals surface area contributed by atoms with Gasteiger partial charge in [-0.1, -0.05) is 36.4 Å². The number of benzene rings is 2. The minimum atomic E-state index is -4.78. The molecule has 6 heteroatoms. The molecule has 0 aliphatic heterocycles. The Kier molecular flexibility index (Phi) is 5.84. The van der Waals surface area contributed by atoms with E-state index in [-0.39, 0.29) is 11.6 Å². The SMILES string of the molecule is CC(CCc1ccccc1)NC(=O)c1cccc(OC(F)(F)F)c1. The molecule has 0 aliphatic rings. The predicted octanol–water partition coefficient (Wildman–Crippen LogP) is 4.34. The van der Waals surface area contributed by atoms with Gasteiger partial charge in [0.1, 0.15) is 5.75 Å². The van der Waals surface area contributed by atoms with Gasteiger partial charge < -0.3 is 10.1 Å². The summed E-state index contributed by atoms with van der Waals surface area (Å²) in [6.07, 6.45) is -3.24. The molecule has 0 aromatic heterocycles. The van der Waals surface area contributed by atoms with Gasteiger partial charge in [0, 0.05) is 11.6 Å². The van der Waals surface area contributed by atoms with E-state index in [1.807, 2.05) is 37.3 Å². The molecule has 1 unspecified atom stereocenters. The van der Waals surface area contributed by atoms with Crippen LogP contribution in [0.2, 0.25) is 0 Å². The number of amides is 1. The molecule has 1 N–H and O–H groups in total. The number of hydrogen-bond acceptors (Lipinski definition) is 2. The molecule has 24 heavy (non-hydrogen) atoms. The van der Waals surface area contributed by atoms with Crippen LogP contribution >= 0.6 is 0 Å². The van der Waals surface area contributed by atoms with Gasteiger partial charge >= 0.3 is 6.36 Å². The normalized spacial score (nSPS) is 12.5. The first-order chi connectivity index (χ1) is 11.3. The smallest absolute Gasteiger partial charge is 0.406 e. The third-order valence-corrected chi connectivity index (χ3v) is 3.42. The Labute approximate surface area is 138 Å². The van der Waals surface area contributed by atoms with E-state index in [9.17, 15) is 18.0 Å². The van der Waals surface area contributed by atoms with E-state index < -0.39 is 18.0 Å². The molecule has 0 spiro atoms. The highest BCUT2D eigenvalue weighted by Gasteiger charge is 2.31. The third kappa shape index (κ3) is 5.95. The molecule has 3 nitrogen and oxygen atoms in total. The van der Waals surface area contributed by atoms with Gasteiger partial charge in [0.2, 0.25) is 0 Å². The lowest BCUT2D eigenvalue weighted by Gasteiger charge is -2.15. The first kappa shape index (κ1) is 17.8. The number of carbonyl (C=O) groups excluding carboxylic acids is 1. The van der Waals surface area contributed by atoms with E-state index in [0.717, 1.165) is 25.0 Å². The summed E-state index contributed by atoms with van der Waals surface area (Å²) < 4.78 is 40.5. The van der Waals surface area contributed by atoms with Gasteiger partial charge in [-0.3, -0.25) is 4.79 Å². The zero-order valence-corrected chi connectivity index (χ0v) is 13.1. The maximum Gasteiger partial charge on any atom is 0.573 e. The van der Waals surface area contributed by atoms with Gasteiger partial charge in [0.15, 0.2) is 0 Å². The standard InChI is InChI=1S/C18H18F3NO2/c1-13(10-11-14-6-3-2-4-7-14)22-17(23)15-8-5-9-16(12-15)24-18(19,20)21/h2-9,12-13H,10-11H2,1H3,(H,22,23). The fourth-order valence-corrected chi connectivity index (χ4v) is 2.24. The quantitative estimate of drug-likeness (QED) is 0.852. The van der Waals surface area contributed by atoms with Gasteiger partial charge in [-0.2, -0.15) is 0 Å². The lowest BCUT2D eigenvalue weighted by atomic mass is 10.1. The van der Waals surface area contributed by atoms with Crippen LogP contribution in [0.5, 0.6) is 5.75 Å². The lowest BCUT2D eigenvalue weighted by Crippen LogP contribution is -2.32. The zero-order chi connectivity index (χ0) is 17.6. The molecule has 2 rings (SSSR count). The monoisotopic (exact) mass is 337 g/mol. The second-order valence-corrected chi connectivity index (χ2v) is 5.47. The molecule has 2 aromatic rings. The minimum absolute atomic E-state index is 0.107. The fourth-order valence-electron chi connectivity index (χ4n) is 2.24. The maximum absolute atomic E-state index is 12.2. The fraction of sp³-hybridized carbons (Fsp3) is 0.278.